The van der Waals surface area contributed by atoms with Gasteiger partial charge in [-0.15, -0.1) is 0 Å². The second-order valence-electron chi connectivity index (χ2n) is 7.70. The van der Waals surface area contributed by atoms with E-state index in [9.17, 15) is 14.4 Å². The van der Waals surface area contributed by atoms with Crippen LogP contribution >= 0.6 is 23.2 Å². The fraction of sp³-hybridized carbons (Fsp3) is 0.318. The molecule has 0 aliphatic carbocycles. The molecule has 2 atom stereocenters. The molecule has 2 aromatic carbocycles. The third-order valence-electron chi connectivity index (χ3n) is 5.45. The average Bonchev–Trinajstić information content (AvgIpc) is 2.87. The lowest BCUT2D eigenvalue weighted by atomic mass is 9.92. The van der Waals surface area contributed by atoms with Crippen molar-refractivity contribution in [1.82, 2.24) is 15.5 Å². The third-order valence-corrected chi connectivity index (χ3v) is 6.00. The lowest BCUT2D eigenvalue weighted by Crippen LogP contribution is -2.43. The third kappa shape index (κ3) is 4.16. The molecular formula is C22H23Cl2N3O3. The van der Waals surface area contributed by atoms with Gasteiger partial charge in [0.05, 0.1) is 6.04 Å². The van der Waals surface area contributed by atoms with Crippen molar-refractivity contribution < 1.29 is 14.4 Å². The van der Waals surface area contributed by atoms with Crippen LogP contribution < -0.4 is 10.6 Å². The molecule has 158 valence electrons. The van der Waals surface area contributed by atoms with E-state index in [1.54, 1.807) is 19.1 Å². The molecule has 6 nitrogen and oxygen atoms in total. The van der Waals surface area contributed by atoms with Gasteiger partial charge in [-0.1, -0.05) is 47.5 Å². The summed E-state index contributed by atoms with van der Waals surface area (Å²) >= 11 is 12.2. The van der Waals surface area contributed by atoms with Crippen LogP contribution in [-0.4, -0.2) is 29.3 Å². The Kier molecular flexibility index (Phi) is 6.11. The van der Waals surface area contributed by atoms with Crippen LogP contribution in [0.5, 0.6) is 0 Å². The average molecular weight is 448 g/mol. The number of imide groups is 1. The zero-order valence-electron chi connectivity index (χ0n) is 17.2. The molecule has 1 saturated heterocycles. The first-order chi connectivity index (χ1) is 14.0. The monoisotopic (exact) mass is 447 g/mol. The molecule has 0 saturated carbocycles. The summed E-state index contributed by atoms with van der Waals surface area (Å²) in [5, 5.41) is 6.16. The highest BCUT2D eigenvalue weighted by Crippen LogP contribution is 2.34. The largest absolute Gasteiger partial charge is 0.348 e. The predicted octanol–water partition coefficient (Wildman–Crippen LogP) is 4.25. The Morgan fingerprint density at radius 3 is 2.47 bits per heavy atom. The number of benzene rings is 2. The van der Waals surface area contributed by atoms with E-state index in [4.69, 9.17) is 23.2 Å². The summed E-state index contributed by atoms with van der Waals surface area (Å²) in [6.07, 6.45) is 0. The summed E-state index contributed by atoms with van der Waals surface area (Å²) in [5.74, 6) is -0.985. The molecule has 3 rings (SSSR count). The van der Waals surface area contributed by atoms with Crippen LogP contribution in [0.15, 0.2) is 36.4 Å². The maximum atomic E-state index is 13.0. The van der Waals surface area contributed by atoms with Gasteiger partial charge in [-0.05, 0) is 56.5 Å². The quantitative estimate of drug-likeness (QED) is 0.672. The van der Waals surface area contributed by atoms with Crippen molar-refractivity contribution in [3.8, 4) is 0 Å². The van der Waals surface area contributed by atoms with Crippen molar-refractivity contribution >= 4 is 41.0 Å². The number of nitrogens with zero attached hydrogens (tertiary/aromatic N) is 1. The highest BCUT2D eigenvalue weighted by molar-refractivity contribution is 6.35. The minimum absolute atomic E-state index is 0.258. The van der Waals surface area contributed by atoms with Gasteiger partial charge in [0.1, 0.15) is 12.1 Å². The second kappa shape index (κ2) is 8.28. The van der Waals surface area contributed by atoms with Gasteiger partial charge in [-0.2, -0.15) is 0 Å². The zero-order chi connectivity index (χ0) is 22.2. The predicted molar refractivity (Wildman–Crippen MR) is 117 cm³/mol. The number of nitrogens with one attached hydrogen (secondary N) is 2. The van der Waals surface area contributed by atoms with Crippen molar-refractivity contribution in [3.05, 3.63) is 68.7 Å². The molecule has 0 radical (unpaired) electrons. The van der Waals surface area contributed by atoms with Crippen molar-refractivity contribution in [2.24, 2.45) is 0 Å². The molecule has 2 N–H and O–H groups in total. The molecule has 2 aromatic rings. The Labute approximate surface area is 185 Å². The Morgan fingerprint density at radius 1 is 1.13 bits per heavy atom. The molecule has 2 unspecified atom stereocenters. The Bertz CT molecular complexity index is 1040. The van der Waals surface area contributed by atoms with E-state index in [0.29, 0.717) is 10.6 Å². The van der Waals surface area contributed by atoms with Crippen LogP contribution in [0, 0.1) is 13.8 Å². The molecule has 0 spiro atoms. The van der Waals surface area contributed by atoms with E-state index in [1.807, 2.05) is 39.0 Å². The number of aryl methyl sites for hydroxylation is 2. The second-order valence-corrected chi connectivity index (χ2v) is 8.55. The van der Waals surface area contributed by atoms with Gasteiger partial charge >= 0.3 is 6.03 Å². The lowest BCUT2D eigenvalue weighted by molar-refractivity contribution is -0.135. The first kappa shape index (κ1) is 22.1. The minimum Gasteiger partial charge on any atom is -0.348 e. The highest BCUT2D eigenvalue weighted by Gasteiger charge is 2.50. The molecular weight excluding hydrogens is 425 g/mol. The van der Waals surface area contributed by atoms with Crippen LogP contribution in [0.3, 0.4) is 0 Å². The molecule has 1 heterocycles. The summed E-state index contributed by atoms with van der Waals surface area (Å²) in [4.78, 5) is 38.9. The normalized spacial score (nSPS) is 19.6. The highest BCUT2D eigenvalue weighted by atomic mass is 35.5. The SMILES string of the molecule is Cc1ccc(C(C)NC(=O)CN2C(=O)NC(C)(c3ccc(Cl)cc3Cl)C2=O)cc1C. The summed E-state index contributed by atoms with van der Waals surface area (Å²) in [6, 6.07) is 9.71. The lowest BCUT2D eigenvalue weighted by Gasteiger charge is -2.23. The fourth-order valence-electron chi connectivity index (χ4n) is 3.47. The zero-order valence-corrected chi connectivity index (χ0v) is 18.7. The van der Waals surface area contributed by atoms with Gasteiger partial charge in [-0.3, -0.25) is 14.5 Å². The van der Waals surface area contributed by atoms with Crippen LogP contribution in [0.4, 0.5) is 4.79 Å². The van der Waals surface area contributed by atoms with Gasteiger partial charge in [0, 0.05) is 15.6 Å². The van der Waals surface area contributed by atoms with Crippen LogP contribution in [0.1, 0.15) is 42.1 Å². The Hall–Kier alpha value is -2.57. The van der Waals surface area contributed by atoms with Crippen molar-refractivity contribution in [2.45, 2.75) is 39.3 Å². The fourth-order valence-corrected chi connectivity index (χ4v) is 4.06. The Balaban J connectivity index is 1.73. The van der Waals surface area contributed by atoms with Crippen molar-refractivity contribution in [2.75, 3.05) is 6.54 Å². The van der Waals surface area contributed by atoms with E-state index in [2.05, 4.69) is 10.6 Å². The van der Waals surface area contributed by atoms with Crippen molar-refractivity contribution in [1.29, 1.82) is 0 Å². The first-order valence-corrected chi connectivity index (χ1v) is 10.2. The standard InChI is InChI=1S/C22H23Cl2N3O3/c1-12-5-6-15(9-13(12)2)14(3)25-19(28)11-27-20(29)22(4,26-21(27)30)17-8-7-16(23)10-18(17)24/h5-10,14H,11H2,1-4H3,(H,25,28)(H,26,30). The van der Waals surface area contributed by atoms with Gasteiger partial charge in [0.25, 0.3) is 5.91 Å². The summed E-state index contributed by atoms with van der Waals surface area (Å²) in [7, 11) is 0. The van der Waals surface area contributed by atoms with Crippen molar-refractivity contribution in [3.63, 3.8) is 0 Å². The number of carbonyl (C=O) groups excluding carboxylic acids is 3. The number of carbonyl (C=O) groups is 3. The smallest absolute Gasteiger partial charge is 0.325 e. The molecule has 1 aliphatic rings. The molecule has 0 bridgehead atoms. The molecule has 1 fully saturated rings. The molecule has 1 aliphatic heterocycles. The maximum absolute atomic E-state index is 13.0. The van der Waals surface area contributed by atoms with E-state index in [0.717, 1.165) is 21.6 Å². The molecule has 0 aromatic heterocycles. The van der Waals surface area contributed by atoms with Crippen LogP contribution in [-0.2, 0) is 15.1 Å². The van der Waals surface area contributed by atoms with E-state index < -0.39 is 23.4 Å². The topological polar surface area (TPSA) is 78.5 Å². The van der Waals surface area contributed by atoms with E-state index in [-0.39, 0.29) is 17.6 Å². The summed E-state index contributed by atoms with van der Waals surface area (Å²) in [5.41, 5.74) is 2.27. The first-order valence-electron chi connectivity index (χ1n) is 9.49. The van der Waals surface area contributed by atoms with Crippen LogP contribution in [0.2, 0.25) is 10.0 Å². The maximum Gasteiger partial charge on any atom is 0.325 e. The Morgan fingerprint density at radius 2 is 1.83 bits per heavy atom. The van der Waals surface area contributed by atoms with Gasteiger partial charge < -0.3 is 10.6 Å². The molecule has 30 heavy (non-hydrogen) atoms. The number of halogens is 2. The number of rotatable bonds is 5. The summed E-state index contributed by atoms with van der Waals surface area (Å²) in [6.45, 7) is 7.04. The number of urea groups is 1. The summed E-state index contributed by atoms with van der Waals surface area (Å²) < 4.78 is 0. The number of hydrogen-bond donors (Lipinski definition) is 2. The molecule has 4 amide bonds. The molecule has 8 heteroatoms. The van der Waals surface area contributed by atoms with Gasteiger partial charge in [0.2, 0.25) is 5.91 Å². The minimum atomic E-state index is -1.38. The van der Waals surface area contributed by atoms with Crippen LogP contribution in [0.25, 0.3) is 0 Å². The number of hydrogen-bond acceptors (Lipinski definition) is 3. The van der Waals surface area contributed by atoms with E-state index >= 15 is 0 Å². The van der Waals surface area contributed by atoms with Gasteiger partial charge in [0.15, 0.2) is 0 Å². The number of amides is 4. The van der Waals surface area contributed by atoms with Gasteiger partial charge in [-0.25, -0.2) is 4.79 Å². The van der Waals surface area contributed by atoms with E-state index in [1.165, 1.54) is 6.07 Å².